The van der Waals surface area contributed by atoms with Gasteiger partial charge in [-0.2, -0.15) is 0 Å². The van der Waals surface area contributed by atoms with E-state index in [4.69, 9.17) is 13.9 Å². The van der Waals surface area contributed by atoms with E-state index < -0.39 is 11.8 Å². The maximum Gasteiger partial charge on any atom is 0.313 e. The van der Waals surface area contributed by atoms with Crippen LogP contribution in [0, 0.1) is 6.92 Å². The number of rotatable bonds is 3. The minimum atomic E-state index is -0.809. The first-order valence-corrected chi connectivity index (χ1v) is 6.89. The fraction of sp³-hybridized carbons (Fsp3) is 0.286. The number of hydrogen-bond donors (Lipinski definition) is 2. The van der Waals surface area contributed by atoms with E-state index in [2.05, 4.69) is 20.8 Å². The first kappa shape index (κ1) is 14.8. The molecule has 0 saturated heterocycles. The van der Waals surface area contributed by atoms with Gasteiger partial charge < -0.3 is 24.5 Å². The molecule has 3 rings (SSSR count). The molecule has 0 radical (unpaired) electrons. The van der Waals surface area contributed by atoms with Crippen LogP contribution < -0.4 is 20.1 Å². The number of nitrogens with zero attached hydrogens (tertiary/aromatic N) is 2. The number of aromatic nitrogens is 2. The molecule has 9 heteroatoms. The van der Waals surface area contributed by atoms with Gasteiger partial charge in [0.1, 0.15) is 13.2 Å². The van der Waals surface area contributed by atoms with E-state index in [-0.39, 0.29) is 12.4 Å². The lowest BCUT2D eigenvalue weighted by Crippen LogP contribution is -2.35. The molecular weight excluding hydrogens is 304 g/mol. The van der Waals surface area contributed by atoms with Gasteiger partial charge in [-0.05, 0) is 12.1 Å². The van der Waals surface area contributed by atoms with E-state index in [1.54, 1.807) is 25.1 Å². The molecule has 0 saturated carbocycles. The fourth-order valence-corrected chi connectivity index (χ4v) is 1.95. The zero-order valence-electron chi connectivity index (χ0n) is 12.3. The van der Waals surface area contributed by atoms with E-state index in [9.17, 15) is 9.59 Å². The molecule has 1 aliphatic rings. The molecule has 1 aromatic carbocycles. The summed E-state index contributed by atoms with van der Waals surface area (Å²) in [5.41, 5.74) is 0.433. The van der Waals surface area contributed by atoms with Gasteiger partial charge in [0.25, 0.3) is 0 Å². The minimum absolute atomic E-state index is 0.0196. The zero-order valence-corrected chi connectivity index (χ0v) is 12.3. The number of hydrogen-bond acceptors (Lipinski definition) is 7. The summed E-state index contributed by atoms with van der Waals surface area (Å²) in [6.45, 7) is 2.53. The van der Waals surface area contributed by atoms with Crippen LogP contribution in [0.25, 0.3) is 0 Å². The molecule has 0 bridgehead atoms. The third kappa shape index (κ3) is 3.57. The zero-order chi connectivity index (χ0) is 16.2. The van der Waals surface area contributed by atoms with Crippen molar-refractivity contribution in [1.29, 1.82) is 0 Å². The monoisotopic (exact) mass is 318 g/mol. The molecule has 2 heterocycles. The molecule has 1 aliphatic heterocycles. The van der Waals surface area contributed by atoms with Gasteiger partial charge in [-0.1, -0.05) is 0 Å². The van der Waals surface area contributed by atoms with Crippen LogP contribution in [0.2, 0.25) is 0 Å². The number of carbonyl (C=O) groups is 2. The summed E-state index contributed by atoms with van der Waals surface area (Å²) < 4.78 is 15.9. The molecule has 0 spiro atoms. The Balaban J connectivity index is 1.56. The number of nitrogens with one attached hydrogen (secondary N) is 2. The molecule has 0 atom stereocenters. The molecular formula is C14H14N4O5. The van der Waals surface area contributed by atoms with Crippen molar-refractivity contribution in [3.8, 4) is 11.5 Å². The molecule has 0 unspecified atom stereocenters. The lowest BCUT2D eigenvalue weighted by Gasteiger charge is -2.18. The Hall–Kier alpha value is -3.10. The van der Waals surface area contributed by atoms with Crippen LogP contribution in [0.1, 0.15) is 11.8 Å². The van der Waals surface area contributed by atoms with Gasteiger partial charge in [-0.3, -0.25) is 9.59 Å². The summed E-state index contributed by atoms with van der Waals surface area (Å²) in [6.07, 6.45) is 0. The van der Waals surface area contributed by atoms with Crippen molar-refractivity contribution in [2.75, 3.05) is 18.5 Å². The van der Waals surface area contributed by atoms with E-state index in [0.717, 1.165) is 0 Å². The topological polar surface area (TPSA) is 116 Å². The van der Waals surface area contributed by atoms with Crippen molar-refractivity contribution in [3.63, 3.8) is 0 Å². The summed E-state index contributed by atoms with van der Waals surface area (Å²) in [6, 6.07) is 4.89. The Morgan fingerprint density at radius 1 is 1.13 bits per heavy atom. The van der Waals surface area contributed by atoms with Gasteiger partial charge in [0.05, 0.1) is 6.54 Å². The van der Waals surface area contributed by atoms with Crippen LogP contribution >= 0.6 is 0 Å². The number of benzene rings is 1. The molecule has 2 amide bonds. The van der Waals surface area contributed by atoms with Crippen LogP contribution in [0.3, 0.4) is 0 Å². The van der Waals surface area contributed by atoms with Crippen LogP contribution in [0.15, 0.2) is 22.6 Å². The molecule has 9 nitrogen and oxygen atoms in total. The second-order valence-corrected chi connectivity index (χ2v) is 4.71. The number of anilines is 1. The molecule has 1 aromatic heterocycles. The van der Waals surface area contributed by atoms with E-state index in [1.807, 2.05) is 0 Å². The maximum absolute atomic E-state index is 11.8. The Kier molecular flexibility index (Phi) is 4.09. The largest absolute Gasteiger partial charge is 0.486 e. The molecule has 120 valence electrons. The fourth-order valence-electron chi connectivity index (χ4n) is 1.95. The number of aryl methyl sites for hydroxylation is 1. The van der Waals surface area contributed by atoms with E-state index >= 15 is 0 Å². The summed E-state index contributed by atoms with van der Waals surface area (Å²) >= 11 is 0. The minimum Gasteiger partial charge on any atom is -0.486 e. The van der Waals surface area contributed by atoms with Crippen molar-refractivity contribution in [2.24, 2.45) is 0 Å². The smallest absolute Gasteiger partial charge is 0.313 e. The number of carbonyl (C=O) groups excluding carboxylic acids is 2. The predicted octanol–water partition coefficient (Wildman–Crippen LogP) is 0.404. The highest BCUT2D eigenvalue weighted by Gasteiger charge is 2.17. The second kappa shape index (κ2) is 6.34. The highest BCUT2D eigenvalue weighted by atomic mass is 16.6. The SMILES string of the molecule is Cc1nnc(CNC(=O)C(=O)Nc2ccc3c(c2)OCCO3)o1. The number of ether oxygens (including phenoxy) is 2. The van der Waals surface area contributed by atoms with Gasteiger partial charge in [0.15, 0.2) is 11.5 Å². The van der Waals surface area contributed by atoms with Crippen molar-refractivity contribution in [2.45, 2.75) is 13.5 Å². The highest BCUT2D eigenvalue weighted by molar-refractivity contribution is 6.39. The normalized spacial score (nSPS) is 12.6. The van der Waals surface area contributed by atoms with Gasteiger partial charge in [-0.15, -0.1) is 10.2 Å². The average Bonchev–Trinajstić information content (AvgIpc) is 2.98. The first-order chi connectivity index (χ1) is 11.1. The first-order valence-electron chi connectivity index (χ1n) is 6.89. The van der Waals surface area contributed by atoms with Gasteiger partial charge in [-0.25, -0.2) is 0 Å². The van der Waals surface area contributed by atoms with Crippen LogP contribution in [-0.4, -0.2) is 35.2 Å². The summed E-state index contributed by atoms with van der Waals surface area (Å²) in [5, 5.41) is 12.2. The lowest BCUT2D eigenvalue weighted by molar-refractivity contribution is -0.136. The second-order valence-electron chi connectivity index (χ2n) is 4.71. The standard InChI is InChI=1S/C14H14N4O5/c1-8-17-18-12(23-8)7-15-13(19)14(20)16-9-2-3-10-11(6-9)22-5-4-21-10/h2-3,6H,4-5,7H2,1H3,(H,15,19)(H,16,20). The van der Waals surface area contributed by atoms with Crippen LogP contribution in [-0.2, 0) is 16.1 Å². The van der Waals surface area contributed by atoms with E-state index in [1.165, 1.54) is 0 Å². The van der Waals surface area contributed by atoms with Crippen LogP contribution in [0.4, 0.5) is 5.69 Å². The Morgan fingerprint density at radius 2 is 1.91 bits per heavy atom. The van der Waals surface area contributed by atoms with Crippen LogP contribution in [0.5, 0.6) is 11.5 Å². The Labute approximate surface area is 131 Å². The number of fused-ring (bicyclic) bond motifs is 1. The molecule has 2 aromatic rings. The van der Waals surface area contributed by atoms with Crippen molar-refractivity contribution in [3.05, 3.63) is 30.0 Å². The van der Waals surface area contributed by atoms with Crippen molar-refractivity contribution >= 4 is 17.5 Å². The third-order valence-corrected chi connectivity index (χ3v) is 2.97. The van der Waals surface area contributed by atoms with Crippen molar-refractivity contribution < 1.29 is 23.5 Å². The Bertz CT molecular complexity index is 743. The quantitative estimate of drug-likeness (QED) is 0.787. The lowest BCUT2D eigenvalue weighted by atomic mass is 10.2. The molecule has 23 heavy (non-hydrogen) atoms. The number of amides is 2. The highest BCUT2D eigenvalue weighted by Crippen LogP contribution is 2.32. The maximum atomic E-state index is 11.8. The summed E-state index contributed by atoms with van der Waals surface area (Å²) in [7, 11) is 0. The van der Waals surface area contributed by atoms with Crippen molar-refractivity contribution in [1.82, 2.24) is 15.5 Å². The average molecular weight is 318 g/mol. The summed E-state index contributed by atoms with van der Waals surface area (Å²) in [5.74, 6) is 0.118. The van der Waals surface area contributed by atoms with Gasteiger partial charge >= 0.3 is 11.8 Å². The van der Waals surface area contributed by atoms with Gasteiger partial charge in [0, 0.05) is 18.7 Å². The third-order valence-electron chi connectivity index (χ3n) is 2.97. The van der Waals surface area contributed by atoms with E-state index in [0.29, 0.717) is 36.3 Å². The summed E-state index contributed by atoms with van der Waals surface area (Å²) in [4.78, 5) is 23.6. The molecule has 2 N–H and O–H groups in total. The van der Waals surface area contributed by atoms with Gasteiger partial charge in [0.2, 0.25) is 11.8 Å². The molecule has 0 aliphatic carbocycles. The Morgan fingerprint density at radius 3 is 2.65 bits per heavy atom. The predicted molar refractivity (Wildman–Crippen MR) is 76.9 cm³/mol. The molecule has 0 fully saturated rings.